The Hall–Kier alpha value is -1.82. The molecular formula is C14H17N3O2S. The highest BCUT2D eigenvalue weighted by molar-refractivity contribution is 7.99. The van der Waals surface area contributed by atoms with Crippen LogP contribution < -0.4 is 5.32 Å². The fourth-order valence-corrected chi connectivity index (χ4v) is 2.71. The second-order valence-corrected chi connectivity index (χ2v) is 5.81. The number of hydrogen-bond donors (Lipinski definition) is 1. The monoisotopic (exact) mass is 291 g/mol. The number of thioether (sulfide) groups is 1. The zero-order valence-corrected chi connectivity index (χ0v) is 12.3. The first-order valence-corrected chi connectivity index (χ1v) is 7.65. The van der Waals surface area contributed by atoms with Gasteiger partial charge in [-0.05, 0) is 30.9 Å². The van der Waals surface area contributed by atoms with E-state index in [1.807, 2.05) is 17.8 Å². The van der Waals surface area contributed by atoms with E-state index >= 15 is 0 Å². The molecule has 0 bridgehead atoms. The SMILES string of the molecule is CCSCC(C)Nc1ccc([N+](=O)[O-])c2ncccc12. The summed E-state index contributed by atoms with van der Waals surface area (Å²) < 4.78 is 0. The van der Waals surface area contributed by atoms with Gasteiger partial charge in [-0.25, -0.2) is 4.98 Å². The second kappa shape index (κ2) is 6.56. The Morgan fingerprint density at radius 3 is 2.95 bits per heavy atom. The Balaban J connectivity index is 2.35. The normalized spacial score (nSPS) is 12.3. The summed E-state index contributed by atoms with van der Waals surface area (Å²) >= 11 is 1.86. The molecular weight excluding hydrogens is 274 g/mol. The third kappa shape index (κ3) is 3.19. The van der Waals surface area contributed by atoms with Crippen molar-refractivity contribution < 1.29 is 4.92 Å². The maximum atomic E-state index is 11.0. The number of fused-ring (bicyclic) bond motifs is 1. The van der Waals surface area contributed by atoms with E-state index < -0.39 is 4.92 Å². The largest absolute Gasteiger partial charge is 0.381 e. The van der Waals surface area contributed by atoms with Crippen LogP contribution in [0.3, 0.4) is 0 Å². The number of pyridine rings is 1. The van der Waals surface area contributed by atoms with Crippen LogP contribution in [0.25, 0.3) is 10.9 Å². The molecule has 0 fully saturated rings. The molecule has 0 aliphatic heterocycles. The van der Waals surface area contributed by atoms with Crippen LogP contribution in [0.5, 0.6) is 0 Å². The Morgan fingerprint density at radius 2 is 2.25 bits per heavy atom. The van der Waals surface area contributed by atoms with Crippen LogP contribution in [-0.4, -0.2) is 27.5 Å². The predicted molar refractivity (Wildman–Crippen MR) is 84.5 cm³/mol. The van der Waals surface area contributed by atoms with Gasteiger partial charge >= 0.3 is 0 Å². The van der Waals surface area contributed by atoms with Crippen LogP contribution >= 0.6 is 11.8 Å². The number of nitro groups is 1. The maximum absolute atomic E-state index is 11.0. The lowest BCUT2D eigenvalue weighted by atomic mass is 10.1. The summed E-state index contributed by atoms with van der Waals surface area (Å²) in [6, 6.07) is 7.22. The molecule has 106 valence electrons. The molecule has 1 heterocycles. The van der Waals surface area contributed by atoms with Crippen LogP contribution in [0.4, 0.5) is 11.4 Å². The van der Waals surface area contributed by atoms with Crippen LogP contribution in [0, 0.1) is 10.1 Å². The van der Waals surface area contributed by atoms with E-state index in [0.717, 1.165) is 22.6 Å². The number of non-ortho nitro benzene ring substituents is 1. The van der Waals surface area contributed by atoms with Gasteiger partial charge in [0.2, 0.25) is 0 Å². The maximum Gasteiger partial charge on any atom is 0.295 e. The number of rotatable bonds is 6. The van der Waals surface area contributed by atoms with Gasteiger partial charge in [-0.3, -0.25) is 10.1 Å². The van der Waals surface area contributed by atoms with Crippen molar-refractivity contribution in [2.45, 2.75) is 19.9 Å². The molecule has 0 saturated heterocycles. The molecule has 1 N–H and O–H groups in total. The van der Waals surface area contributed by atoms with Gasteiger partial charge in [0.05, 0.1) is 4.92 Å². The van der Waals surface area contributed by atoms with Gasteiger partial charge in [0, 0.05) is 35.1 Å². The minimum Gasteiger partial charge on any atom is -0.381 e. The molecule has 2 rings (SSSR count). The van der Waals surface area contributed by atoms with E-state index in [4.69, 9.17) is 0 Å². The Labute approximate surface area is 121 Å². The summed E-state index contributed by atoms with van der Waals surface area (Å²) in [5.74, 6) is 2.07. The summed E-state index contributed by atoms with van der Waals surface area (Å²) in [6.07, 6.45) is 1.58. The second-order valence-electron chi connectivity index (χ2n) is 4.49. The van der Waals surface area contributed by atoms with Crippen molar-refractivity contribution in [3.05, 3.63) is 40.6 Å². The van der Waals surface area contributed by atoms with Gasteiger partial charge in [0.15, 0.2) is 0 Å². The first kappa shape index (κ1) is 14.6. The molecule has 0 saturated carbocycles. The van der Waals surface area contributed by atoms with Crippen LogP contribution in [0.1, 0.15) is 13.8 Å². The van der Waals surface area contributed by atoms with E-state index in [9.17, 15) is 10.1 Å². The molecule has 1 atom stereocenters. The average molecular weight is 291 g/mol. The van der Waals surface area contributed by atoms with Gasteiger partial charge in [-0.2, -0.15) is 11.8 Å². The zero-order valence-electron chi connectivity index (χ0n) is 11.5. The predicted octanol–water partition coefficient (Wildman–Crippen LogP) is 3.70. The van der Waals surface area contributed by atoms with Gasteiger partial charge in [-0.1, -0.05) is 6.92 Å². The highest BCUT2D eigenvalue weighted by Gasteiger charge is 2.15. The Kier molecular flexibility index (Phi) is 4.79. The smallest absolute Gasteiger partial charge is 0.295 e. The summed E-state index contributed by atoms with van der Waals surface area (Å²) in [4.78, 5) is 14.8. The summed E-state index contributed by atoms with van der Waals surface area (Å²) in [6.45, 7) is 4.23. The highest BCUT2D eigenvalue weighted by atomic mass is 32.2. The lowest BCUT2D eigenvalue weighted by Crippen LogP contribution is -2.18. The number of nitrogens with zero attached hydrogens (tertiary/aromatic N) is 2. The lowest BCUT2D eigenvalue weighted by molar-refractivity contribution is -0.383. The highest BCUT2D eigenvalue weighted by Crippen LogP contribution is 2.30. The molecule has 0 amide bonds. The fraction of sp³-hybridized carbons (Fsp3) is 0.357. The van der Waals surface area contributed by atoms with Crippen LogP contribution in [0.2, 0.25) is 0 Å². The third-order valence-corrected chi connectivity index (χ3v) is 4.06. The molecule has 0 spiro atoms. The number of nitrogens with one attached hydrogen (secondary N) is 1. The minimum absolute atomic E-state index is 0.0433. The van der Waals surface area contributed by atoms with Gasteiger partial charge in [-0.15, -0.1) is 0 Å². The topological polar surface area (TPSA) is 68.1 Å². The molecule has 20 heavy (non-hydrogen) atoms. The standard InChI is InChI=1S/C14H17N3O2S/c1-3-20-9-10(2)16-12-6-7-13(17(18)19)14-11(12)5-4-8-15-14/h4-8,10,16H,3,9H2,1-2H3. The minimum atomic E-state index is -0.393. The van der Waals surface area contributed by atoms with Crippen LogP contribution in [0.15, 0.2) is 30.5 Å². The molecule has 5 nitrogen and oxygen atoms in total. The van der Waals surface area contributed by atoms with E-state index in [-0.39, 0.29) is 5.69 Å². The molecule has 1 unspecified atom stereocenters. The molecule has 1 aromatic carbocycles. The lowest BCUT2D eigenvalue weighted by Gasteiger charge is -2.16. The fourth-order valence-electron chi connectivity index (χ4n) is 2.03. The third-order valence-electron chi connectivity index (χ3n) is 2.92. The van der Waals surface area contributed by atoms with Crippen molar-refractivity contribution in [1.29, 1.82) is 0 Å². The van der Waals surface area contributed by atoms with Crippen molar-refractivity contribution in [2.24, 2.45) is 0 Å². The van der Waals surface area contributed by atoms with E-state index in [1.54, 1.807) is 18.3 Å². The van der Waals surface area contributed by atoms with E-state index in [2.05, 4.69) is 24.1 Å². The van der Waals surface area contributed by atoms with Crippen molar-refractivity contribution in [3.8, 4) is 0 Å². The zero-order chi connectivity index (χ0) is 14.5. The Morgan fingerprint density at radius 1 is 1.45 bits per heavy atom. The molecule has 2 aromatic rings. The van der Waals surface area contributed by atoms with Crippen molar-refractivity contribution in [2.75, 3.05) is 16.8 Å². The molecule has 0 aliphatic rings. The number of anilines is 1. The molecule has 0 aliphatic carbocycles. The molecule has 1 aromatic heterocycles. The van der Waals surface area contributed by atoms with Gasteiger partial charge in [0.25, 0.3) is 5.69 Å². The van der Waals surface area contributed by atoms with Gasteiger partial charge in [0.1, 0.15) is 5.52 Å². The molecule has 6 heteroatoms. The van der Waals surface area contributed by atoms with Gasteiger partial charge < -0.3 is 5.32 Å². The summed E-state index contributed by atoms with van der Waals surface area (Å²) in [5.41, 5.74) is 1.36. The number of nitro benzene ring substituents is 1. The van der Waals surface area contributed by atoms with E-state index in [1.165, 1.54) is 6.07 Å². The van der Waals surface area contributed by atoms with Crippen LogP contribution in [-0.2, 0) is 0 Å². The summed E-state index contributed by atoms with van der Waals surface area (Å²) in [7, 11) is 0. The number of benzene rings is 1. The van der Waals surface area contributed by atoms with E-state index in [0.29, 0.717) is 11.6 Å². The van der Waals surface area contributed by atoms with Crippen molar-refractivity contribution in [1.82, 2.24) is 4.98 Å². The number of aromatic nitrogens is 1. The average Bonchev–Trinajstić information content (AvgIpc) is 2.45. The summed E-state index contributed by atoms with van der Waals surface area (Å²) in [5, 5.41) is 15.2. The first-order valence-electron chi connectivity index (χ1n) is 6.50. The number of hydrogen-bond acceptors (Lipinski definition) is 5. The quantitative estimate of drug-likeness (QED) is 0.649. The van der Waals surface area contributed by atoms with Crippen molar-refractivity contribution in [3.63, 3.8) is 0 Å². The van der Waals surface area contributed by atoms with Crippen molar-refractivity contribution >= 4 is 34.0 Å². The Bertz CT molecular complexity index is 618. The molecule has 0 radical (unpaired) electrons. The first-order chi connectivity index (χ1) is 9.63.